The molecule has 0 aliphatic heterocycles. The Morgan fingerprint density at radius 3 is 2.71 bits per heavy atom. The number of hydrogen-bond acceptors (Lipinski definition) is 6. The van der Waals surface area contributed by atoms with Crippen LogP contribution in [0.3, 0.4) is 0 Å². The topological polar surface area (TPSA) is 57.4 Å². The lowest BCUT2D eigenvalue weighted by Crippen LogP contribution is -1.91. The molecule has 1 aromatic carbocycles. The Hall–Kier alpha value is -2.31. The molecule has 0 bridgehead atoms. The van der Waals surface area contributed by atoms with E-state index in [1.54, 1.807) is 37.7 Å². The van der Waals surface area contributed by atoms with Crippen molar-refractivity contribution in [1.29, 1.82) is 0 Å². The number of thiophene rings is 1. The molecule has 0 radical (unpaired) electrons. The van der Waals surface area contributed by atoms with Gasteiger partial charge in [-0.15, -0.1) is 11.3 Å². The number of rotatable bonds is 5. The monoisotopic (exact) mass is 362 g/mol. The van der Waals surface area contributed by atoms with Crippen LogP contribution in [-0.2, 0) is 0 Å². The first kappa shape index (κ1) is 16.5. The van der Waals surface area contributed by atoms with Crippen LogP contribution in [0.15, 0.2) is 34.9 Å². The van der Waals surface area contributed by atoms with Gasteiger partial charge in [-0.1, -0.05) is 16.8 Å². The fourth-order valence-electron chi connectivity index (χ4n) is 2.13. The fourth-order valence-corrected chi connectivity index (χ4v) is 3.21. The zero-order valence-corrected chi connectivity index (χ0v) is 14.9. The summed E-state index contributed by atoms with van der Waals surface area (Å²) in [5, 5.41) is 4.38. The summed E-state index contributed by atoms with van der Waals surface area (Å²) in [6.07, 6.45) is 1.81. The van der Waals surface area contributed by atoms with Gasteiger partial charge in [0, 0.05) is 15.8 Å². The Labute approximate surface area is 148 Å². The predicted molar refractivity (Wildman–Crippen MR) is 95.6 cm³/mol. The van der Waals surface area contributed by atoms with Crippen molar-refractivity contribution in [2.24, 2.45) is 0 Å². The number of halogens is 1. The van der Waals surface area contributed by atoms with Crippen LogP contribution in [0.1, 0.15) is 15.6 Å². The number of aryl methyl sites for hydroxylation is 1. The van der Waals surface area contributed by atoms with E-state index >= 15 is 0 Å². The first-order valence-electron chi connectivity index (χ1n) is 7.11. The van der Waals surface area contributed by atoms with Gasteiger partial charge in [0.2, 0.25) is 5.82 Å². The van der Waals surface area contributed by atoms with Gasteiger partial charge >= 0.3 is 0 Å². The second kappa shape index (κ2) is 7.07. The largest absolute Gasteiger partial charge is 0.497 e. The van der Waals surface area contributed by atoms with Crippen LogP contribution >= 0.6 is 22.9 Å². The summed E-state index contributed by atoms with van der Waals surface area (Å²) < 4.78 is 15.8. The zero-order valence-electron chi connectivity index (χ0n) is 13.4. The molecule has 3 rings (SSSR count). The molecule has 2 aromatic heterocycles. The molecule has 24 heavy (non-hydrogen) atoms. The van der Waals surface area contributed by atoms with Gasteiger partial charge in [0.15, 0.2) is 0 Å². The van der Waals surface area contributed by atoms with Crippen LogP contribution in [0.4, 0.5) is 0 Å². The lowest BCUT2D eigenvalue weighted by atomic mass is 10.2. The second-order valence-electron chi connectivity index (χ2n) is 4.93. The second-order valence-corrected chi connectivity index (χ2v) is 6.66. The van der Waals surface area contributed by atoms with Gasteiger partial charge in [-0.05, 0) is 37.3 Å². The molecule has 0 unspecified atom stereocenters. The quantitative estimate of drug-likeness (QED) is 0.648. The highest BCUT2D eigenvalue weighted by Crippen LogP contribution is 2.33. The molecule has 124 valence electrons. The summed E-state index contributed by atoms with van der Waals surface area (Å²) in [7, 11) is 3.17. The Bertz CT molecular complexity index is 886. The minimum absolute atomic E-state index is 0.260. The lowest BCUT2D eigenvalue weighted by Gasteiger charge is -2.07. The summed E-state index contributed by atoms with van der Waals surface area (Å²) in [6, 6.07) is 9.40. The molecular formula is C17H15ClN2O3S. The summed E-state index contributed by atoms with van der Waals surface area (Å²) in [6.45, 7) is 2.04. The van der Waals surface area contributed by atoms with Crippen molar-refractivity contribution in [3.05, 3.63) is 46.0 Å². The Kier molecular flexibility index (Phi) is 4.87. The van der Waals surface area contributed by atoms with Crippen LogP contribution in [-0.4, -0.2) is 24.4 Å². The van der Waals surface area contributed by atoms with E-state index in [-0.39, 0.29) is 5.89 Å². The van der Waals surface area contributed by atoms with Crippen molar-refractivity contribution in [2.75, 3.05) is 14.2 Å². The molecular weight excluding hydrogens is 348 g/mol. The van der Waals surface area contributed by atoms with Crippen LogP contribution in [0.2, 0.25) is 0 Å². The average molecular weight is 363 g/mol. The summed E-state index contributed by atoms with van der Waals surface area (Å²) in [4.78, 5) is 6.59. The molecule has 0 atom stereocenters. The van der Waals surface area contributed by atoms with Gasteiger partial charge < -0.3 is 14.0 Å². The standard InChI is InChI=1S/C17H15ClN2O3S/c1-10-4-6-12(24-10)9-14(18)17-19-16(20-23-17)13-7-5-11(21-2)8-15(13)22-3/h4-9H,1-3H3/b14-9-. The fraction of sp³-hybridized carbons (Fsp3) is 0.176. The summed E-state index contributed by atoms with van der Waals surface area (Å²) in [5.41, 5.74) is 0.699. The Morgan fingerprint density at radius 2 is 2.04 bits per heavy atom. The first-order chi connectivity index (χ1) is 11.6. The molecule has 0 aliphatic carbocycles. The normalized spacial score (nSPS) is 11.6. The minimum Gasteiger partial charge on any atom is -0.497 e. The highest BCUT2D eigenvalue weighted by atomic mass is 35.5. The van der Waals surface area contributed by atoms with E-state index in [9.17, 15) is 0 Å². The first-order valence-corrected chi connectivity index (χ1v) is 8.30. The van der Waals surface area contributed by atoms with Crippen molar-refractivity contribution in [3.8, 4) is 22.9 Å². The molecule has 0 saturated carbocycles. The van der Waals surface area contributed by atoms with Crippen LogP contribution in [0.5, 0.6) is 11.5 Å². The summed E-state index contributed by atoms with van der Waals surface area (Å²) in [5.74, 6) is 1.94. The number of ether oxygens (including phenoxy) is 2. The molecule has 0 saturated heterocycles. The molecule has 0 spiro atoms. The van der Waals surface area contributed by atoms with Gasteiger partial charge in [-0.2, -0.15) is 4.98 Å². The average Bonchev–Trinajstić information content (AvgIpc) is 3.23. The smallest absolute Gasteiger partial charge is 0.269 e. The van der Waals surface area contributed by atoms with E-state index in [4.69, 9.17) is 25.6 Å². The van der Waals surface area contributed by atoms with Gasteiger partial charge in [0.25, 0.3) is 5.89 Å². The maximum atomic E-state index is 6.29. The van der Waals surface area contributed by atoms with Crippen LogP contribution < -0.4 is 9.47 Å². The molecule has 0 amide bonds. The van der Waals surface area contributed by atoms with Gasteiger partial charge in [0.1, 0.15) is 16.5 Å². The van der Waals surface area contributed by atoms with Gasteiger partial charge in [0.05, 0.1) is 19.8 Å². The number of aromatic nitrogens is 2. The maximum Gasteiger partial charge on any atom is 0.269 e. The van der Waals surface area contributed by atoms with E-state index in [1.165, 1.54) is 4.88 Å². The van der Waals surface area contributed by atoms with E-state index in [0.717, 1.165) is 4.88 Å². The highest BCUT2D eigenvalue weighted by Gasteiger charge is 2.16. The number of nitrogens with zero attached hydrogens (tertiary/aromatic N) is 2. The molecule has 5 nitrogen and oxygen atoms in total. The van der Waals surface area contributed by atoms with E-state index in [0.29, 0.717) is 27.9 Å². The molecule has 0 aliphatic rings. The third kappa shape index (κ3) is 3.44. The SMILES string of the molecule is COc1ccc(-c2noc(/C(Cl)=C/c3ccc(C)s3)n2)c(OC)c1. The number of benzene rings is 1. The molecule has 2 heterocycles. The van der Waals surface area contributed by atoms with E-state index in [1.807, 2.05) is 31.2 Å². The molecule has 3 aromatic rings. The zero-order chi connectivity index (χ0) is 17.1. The Morgan fingerprint density at radius 1 is 1.21 bits per heavy atom. The third-order valence-corrected chi connectivity index (χ3v) is 4.53. The summed E-state index contributed by atoms with van der Waals surface area (Å²) >= 11 is 7.93. The van der Waals surface area contributed by atoms with Crippen molar-refractivity contribution >= 4 is 34.0 Å². The third-order valence-electron chi connectivity index (χ3n) is 3.31. The van der Waals surface area contributed by atoms with Crippen LogP contribution in [0, 0.1) is 6.92 Å². The van der Waals surface area contributed by atoms with Gasteiger partial charge in [-0.3, -0.25) is 0 Å². The van der Waals surface area contributed by atoms with E-state index in [2.05, 4.69) is 10.1 Å². The molecule has 0 fully saturated rings. The van der Waals surface area contributed by atoms with Crippen molar-refractivity contribution in [1.82, 2.24) is 10.1 Å². The number of methoxy groups -OCH3 is 2. The minimum atomic E-state index is 0.260. The van der Waals surface area contributed by atoms with Crippen molar-refractivity contribution < 1.29 is 14.0 Å². The van der Waals surface area contributed by atoms with Gasteiger partial charge in [-0.25, -0.2) is 0 Å². The van der Waals surface area contributed by atoms with Crippen molar-refractivity contribution in [3.63, 3.8) is 0 Å². The van der Waals surface area contributed by atoms with Crippen LogP contribution in [0.25, 0.3) is 22.5 Å². The maximum absolute atomic E-state index is 6.29. The number of hydrogen-bond donors (Lipinski definition) is 0. The lowest BCUT2D eigenvalue weighted by molar-refractivity contribution is 0.393. The molecule has 0 N–H and O–H groups in total. The predicted octanol–water partition coefficient (Wildman–Crippen LogP) is 4.86. The highest BCUT2D eigenvalue weighted by molar-refractivity contribution is 7.12. The molecule has 7 heteroatoms. The van der Waals surface area contributed by atoms with Crippen molar-refractivity contribution in [2.45, 2.75) is 6.92 Å². The Balaban J connectivity index is 1.92. The van der Waals surface area contributed by atoms with E-state index < -0.39 is 0 Å².